The van der Waals surface area contributed by atoms with Crippen molar-refractivity contribution in [1.82, 2.24) is 5.32 Å². The maximum atomic E-state index is 11.9. The van der Waals surface area contributed by atoms with Gasteiger partial charge in [0.2, 0.25) is 5.91 Å². The Labute approximate surface area is 121 Å². The van der Waals surface area contributed by atoms with Crippen molar-refractivity contribution >= 4 is 5.91 Å². The van der Waals surface area contributed by atoms with Gasteiger partial charge in [-0.2, -0.15) is 0 Å². The Kier molecular flexibility index (Phi) is 7.26. The summed E-state index contributed by atoms with van der Waals surface area (Å²) in [5.74, 6) is 0.840. The third-order valence-electron chi connectivity index (χ3n) is 3.28. The van der Waals surface area contributed by atoms with Crippen LogP contribution in [0.4, 0.5) is 0 Å². The molecule has 4 N–H and O–H groups in total. The maximum absolute atomic E-state index is 11.9. The normalized spacial score (nSPS) is 12.4. The molecule has 1 rings (SSSR count). The molecule has 1 aromatic carbocycles. The van der Waals surface area contributed by atoms with Gasteiger partial charge in [-0.3, -0.25) is 4.79 Å². The number of benzene rings is 1. The van der Waals surface area contributed by atoms with Gasteiger partial charge in [-0.25, -0.2) is 0 Å². The molecule has 1 amide bonds. The summed E-state index contributed by atoms with van der Waals surface area (Å²) in [7, 11) is 0. The van der Waals surface area contributed by atoms with Crippen LogP contribution in [0.5, 0.6) is 0 Å². The van der Waals surface area contributed by atoms with E-state index in [4.69, 9.17) is 10.8 Å². The maximum Gasteiger partial charge on any atom is 0.220 e. The summed E-state index contributed by atoms with van der Waals surface area (Å²) in [4.78, 5) is 11.9. The molecular weight excluding hydrogens is 252 g/mol. The quantitative estimate of drug-likeness (QED) is 0.679. The summed E-state index contributed by atoms with van der Waals surface area (Å²) in [5, 5.41) is 12.0. The minimum atomic E-state index is 0.0193. The zero-order chi connectivity index (χ0) is 15.0. The number of hydrogen-bond acceptors (Lipinski definition) is 3. The lowest BCUT2D eigenvalue weighted by molar-refractivity contribution is -0.122. The Morgan fingerprint density at radius 3 is 2.65 bits per heavy atom. The molecule has 0 bridgehead atoms. The van der Waals surface area contributed by atoms with Gasteiger partial charge in [0.05, 0.1) is 6.61 Å². The number of aliphatic hydroxyl groups is 1. The third-order valence-corrected chi connectivity index (χ3v) is 3.28. The Hall–Kier alpha value is -1.39. The molecule has 0 saturated carbocycles. The van der Waals surface area contributed by atoms with Crippen LogP contribution in [0.3, 0.4) is 0 Å². The second-order valence-electron chi connectivity index (χ2n) is 5.69. The molecule has 0 aliphatic rings. The summed E-state index contributed by atoms with van der Waals surface area (Å²) in [6.45, 7) is 5.34. The monoisotopic (exact) mass is 278 g/mol. The Bertz CT molecular complexity index is 419. The molecule has 4 nitrogen and oxygen atoms in total. The molecule has 0 radical (unpaired) electrons. The van der Waals surface area contributed by atoms with Crippen molar-refractivity contribution in [1.29, 1.82) is 0 Å². The summed E-state index contributed by atoms with van der Waals surface area (Å²) in [6.07, 6.45) is 1.46. The topological polar surface area (TPSA) is 75.4 Å². The largest absolute Gasteiger partial charge is 0.392 e. The molecule has 112 valence electrons. The van der Waals surface area contributed by atoms with E-state index in [1.54, 1.807) is 0 Å². The first kappa shape index (κ1) is 16.7. The van der Waals surface area contributed by atoms with Gasteiger partial charge in [0.25, 0.3) is 0 Å². The highest BCUT2D eigenvalue weighted by molar-refractivity contribution is 5.76. The Balaban J connectivity index is 2.42. The van der Waals surface area contributed by atoms with Crippen molar-refractivity contribution in [2.24, 2.45) is 17.6 Å². The zero-order valence-electron chi connectivity index (χ0n) is 12.4. The van der Waals surface area contributed by atoms with Gasteiger partial charge in [-0.05, 0) is 35.9 Å². The number of carbonyl (C=O) groups excluding carboxylic acids is 1. The molecule has 0 saturated heterocycles. The number of carbonyl (C=O) groups is 1. The molecule has 4 heteroatoms. The summed E-state index contributed by atoms with van der Waals surface area (Å²) in [6, 6.07) is 7.58. The SMILES string of the molecule is CC(C)CC(CN)CC(=O)NCc1cccc(CO)c1. The number of hydrogen-bond donors (Lipinski definition) is 3. The van der Waals surface area contributed by atoms with Crippen LogP contribution >= 0.6 is 0 Å². The highest BCUT2D eigenvalue weighted by Gasteiger charge is 2.13. The van der Waals surface area contributed by atoms with Crippen LogP contribution in [0.1, 0.15) is 37.8 Å². The number of nitrogens with one attached hydrogen (secondary N) is 1. The highest BCUT2D eigenvalue weighted by Crippen LogP contribution is 2.14. The number of amides is 1. The molecule has 1 atom stereocenters. The second-order valence-corrected chi connectivity index (χ2v) is 5.69. The summed E-state index contributed by atoms with van der Waals surface area (Å²) < 4.78 is 0. The van der Waals surface area contributed by atoms with Gasteiger partial charge in [-0.15, -0.1) is 0 Å². The van der Waals surface area contributed by atoms with Crippen molar-refractivity contribution in [3.8, 4) is 0 Å². The fourth-order valence-electron chi connectivity index (χ4n) is 2.30. The molecule has 1 unspecified atom stereocenters. The molecule has 0 aliphatic heterocycles. The smallest absolute Gasteiger partial charge is 0.220 e. The van der Waals surface area contributed by atoms with Crippen LogP contribution in [-0.2, 0) is 17.9 Å². The lowest BCUT2D eigenvalue weighted by atomic mass is 9.94. The zero-order valence-corrected chi connectivity index (χ0v) is 12.4. The van der Waals surface area contributed by atoms with Crippen LogP contribution in [0.2, 0.25) is 0 Å². The highest BCUT2D eigenvalue weighted by atomic mass is 16.3. The van der Waals surface area contributed by atoms with E-state index in [1.165, 1.54) is 0 Å². The van der Waals surface area contributed by atoms with E-state index in [0.717, 1.165) is 17.5 Å². The van der Waals surface area contributed by atoms with Crippen LogP contribution in [0.15, 0.2) is 24.3 Å². The Morgan fingerprint density at radius 2 is 2.05 bits per heavy atom. The molecule has 0 heterocycles. The summed E-state index contributed by atoms with van der Waals surface area (Å²) in [5.41, 5.74) is 7.56. The van der Waals surface area contributed by atoms with Crippen LogP contribution < -0.4 is 11.1 Å². The fraction of sp³-hybridized carbons (Fsp3) is 0.562. The predicted molar refractivity (Wildman–Crippen MR) is 80.8 cm³/mol. The number of rotatable bonds is 8. The summed E-state index contributed by atoms with van der Waals surface area (Å²) >= 11 is 0. The van der Waals surface area contributed by atoms with Crippen molar-refractivity contribution in [2.45, 2.75) is 39.8 Å². The van der Waals surface area contributed by atoms with E-state index in [-0.39, 0.29) is 18.4 Å². The minimum Gasteiger partial charge on any atom is -0.392 e. The van der Waals surface area contributed by atoms with Crippen LogP contribution in [-0.4, -0.2) is 17.6 Å². The first-order valence-corrected chi connectivity index (χ1v) is 7.20. The van der Waals surface area contributed by atoms with Crippen molar-refractivity contribution in [3.63, 3.8) is 0 Å². The van der Waals surface area contributed by atoms with Crippen LogP contribution in [0.25, 0.3) is 0 Å². The number of nitrogens with two attached hydrogens (primary N) is 1. The van der Waals surface area contributed by atoms with Crippen molar-refractivity contribution in [2.75, 3.05) is 6.54 Å². The van der Waals surface area contributed by atoms with E-state index in [0.29, 0.717) is 25.4 Å². The van der Waals surface area contributed by atoms with E-state index in [9.17, 15) is 4.79 Å². The van der Waals surface area contributed by atoms with Gasteiger partial charge < -0.3 is 16.2 Å². The molecule has 20 heavy (non-hydrogen) atoms. The molecule has 0 aromatic heterocycles. The van der Waals surface area contributed by atoms with Crippen molar-refractivity contribution in [3.05, 3.63) is 35.4 Å². The molecule has 0 aliphatic carbocycles. The van der Waals surface area contributed by atoms with Crippen LogP contribution in [0, 0.1) is 11.8 Å². The molecule has 0 spiro atoms. The van der Waals surface area contributed by atoms with Gasteiger partial charge in [-0.1, -0.05) is 38.1 Å². The lowest BCUT2D eigenvalue weighted by Gasteiger charge is -2.16. The Morgan fingerprint density at radius 1 is 1.35 bits per heavy atom. The first-order valence-electron chi connectivity index (χ1n) is 7.20. The van der Waals surface area contributed by atoms with Gasteiger partial charge in [0.15, 0.2) is 0 Å². The second kappa shape index (κ2) is 8.72. The third kappa shape index (κ3) is 6.17. The average molecular weight is 278 g/mol. The average Bonchev–Trinajstić information content (AvgIpc) is 2.44. The van der Waals surface area contributed by atoms with Gasteiger partial charge >= 0.3 is 0 Å². The fourth-order valence-corrected chi connectivity index (χ4v) is 2.30. The first-order chi connectivity index (χ1) is 9.55. The van der Waals surface area contributed by atoms with E-state index in [2.05, 4.69) is 19.2 Å². The number of aliphatic hydroxyl groups excluding tert-OH is 1. The van der Waals surface area contributed by atoms with Gasteiger partial charge in [0.1, 0.15) is 0 Å². The standard InChI is InChI=1S/C16H26N2O2/c1-12(2)6-15(9-17)8-16(20)18-10-13-4-3-5-14(7-13)11-19/h3-5,7,12,15,19H,6,8-11,17H2,1-2H3,(H,18,20). The van der Waals surface area contributed by atoms with Gasteiger partial charge in [0, 0.05) is 13.0 Å². The minimum absolute atomic E-state index is 0.0193. The van der Waals surface area contributed by atoms with E-state index >= 15 is 0 Å². The molecular formula is C16H26N2O2. The predicted octanol–water partition coefficient (Wildman–Crippen LogP) is 1.81. The van der Waals surface area contributed by atoms with E-state index in [1.807, 2.05) is 24.3 Å². The van der Waals surface area contributed by atoms with E-state index < -0.39 is 0 Å². The molecule has 1 aromatic rings. The lowest BCUT2D eigenvalue weighted by Crippen LogP contribution is -2.28. The molecule has 0 fully saturated rings. The van der Waals surface area contributed by atoms with Crippen molar-refractivity contribution < 1.29 is 9.90 Å².